The van der Waals surface area contributed by atoms with E-state index in [1.54, 1.807) is 41.8 Å². The maximum Gasteiger partial charge on any atom is 0.325 e. The number of nitrogens with zero attached hydrogens (tertiary/aromatic N) is 2. The van der Waals surface area contributed by atoms with Gasteiger partial charge in [0, 0.05) is 21.7 Å². The molecule has 0 spiro atoms. The number of rotatable bonds is 3. The molecule has 1 saturated heterocycles. The Morgan fingerprint density at radius 1 is 1.21 bits per heavy atom. The molecule has 4 rings (SSSR count). The number of urea groups is 1. The van der Waals surface area contributed by atoms with Crippen LogP contribution in [0.2, 0.25) is 0 Å². The van der Waals surface area contributed by atoms with Gasteiger partial charge in [-0.2, -0.15) is 0 Å². The minimum Gasteiger partial charge on any atom is -0.319 e. The number of nitrogens with one attached hydrogen (secondary N) is 1. The third-order valence-corrected chi connectivity index (χ3v) is 6.54. The summed E-state index contributed by atoms with van der Waals surface area (Å²) in [6.45, 7) is 1.92. The van der Waals surface area contributed by atoms with E-state index in [1.807, 2.05) is 30.3 Å². The van der Waals surface area contributed by atoms with E-state index in [-0.39, 0.29) is 12.5 Å². The van der Waals surface area contributed by atoms with Crippen molar-refractivity contribution in [2.24, 2.45) is 0 Å². The van der Waals surface area contributed by atoms with Crippen molar-refractivity contribution in [3.05, 3.63) is 58.6 Å². The normalized spacial score (nSPS) is 21.5. The lowest BCUT2D eigenvalue weighted by Crippen LogP contribution is -2.46. The topological polar surface area (TPSA) is 69.7 Å². The summed E-state index contributed by atoms with van der Waals surface area (Å²) in [5.74, 6) is 0.0805. The Morgan fingerprint density at radius 2 is 2.00 bits per heavy atom. The van der Waals surface area contributed by atoms with Crippen LogP contribution in [0.5, 0.6) is 0 Å². The maximum atomic E-state index is 13.1. The van der Waals surface area contributed by atoms with E-state index in [0.717, 1.165) is 25.7 Å². The van der Waals surface area contributed by atoms with Gasteiger partial charge >= 0.3 is 6.03 Å². The Kier molecular flexibility index (Phi) is 4.93. The van der Waals surface area contributed by atoms with Gasteiger partial charge in [0.2, 0.25) is 5.91 Å². The number of anilines is 1. The first-order chi connectivity index (χ1) is 13.4. The fourth-order valence-corrected chi connectivity index (χ4v) is 4.88. The number of benzene rings is 2. The summed E-state index contributed by atoms with van der Waals surface area (Å²) in [6, 6.07) is 14.3. The average Bonchev–Trinajstić information content (AvgIpc) is 2.91. The van der Waals surface area contributed by atoms with Crippen LogP contribution in [0.1, 0.15) is 12.5 Å². The van der Waals surface area contributed by atoms with E-state index in [9.17, 15) is 14.4 Å². The van der Waals surface area contributed by atoms with E-state index in [1.165, 1.54) is 0 Å². The minimum absolute atomic E-state index is 0.269. The summed E-state index contributed by atoms with van der Waals surface area (Å²) < 4.78 is 0.810. The van der Waals surface area contributed by atoms with Gasteiger partial charge in [0.05, 0.1) is 5.69 Å². The number of imide groups is 1. The second kappa shape index (κ2) is 7.25. The number of carbonyl (C=O) groups is 3. The Morgan fingerprint density at radius 3 is 2.79 bits per heavy atom. The molecule has 1 atom stereocenters. The second-order valence-electron chi connectivity index (χ2n) is 6.82. The van der Waals surface area contributed by atoms with E-state index >= 15 is 0 Å². The predicted octanol–water partition coefficient (Wildman–Crippen LogP) is 3.36. The molecule has 1 fully saturated rings. The average molecular weight is 460 g/mol. The van der Waals surface area contributed by atoms with Crippen LogP contribution in [0.3, 0.4) is 0 Å². The molecule has 0 bridgehead atoms. The second-order valence-corrected chi connectivity index (χ2v) is 8.87. The van der Waals surface area contributed by atoms with Gasteiger partial charge in [0.15, 0.2) is 0 Å². The monoisotopic (exact) mass is 459 g/mol. The van der Waals surface area contributed by atoms with Gasteiger partial charge in [0.1, 0.15) is 12.1 Å². The van der Waals surface area contributed by atoms with Crippen LogP contribution in [0.25, 0.3) is 0 Å². The fraction of sp³-hybridized carbons (Fsp3) is 0.250. The standard InChI is InChI=1S/C20H18BrN3O3S/c1-20(13-5-4-6-14(21)11-13)18(26)24(19(27)22-20)12-17(25)23-9-10-28-16-8-3-2-7-15(16)23/h2-8,11H,9-10,12H2,1H3,(H,22,27). The third kappa shape index (κ3) is 3.20. The number of fused-ring (bicyclic) bond motifs is 1. The van der Waals surface area contributed by atoms with Crippen molar-refractivity contribution in [3.63, 3.8) is 0 Å². The van der Waals surface area contributed by atoms with Crippen molar-refractivity contribution in [2.45, 2.75) is 17.4 Å². The molecule has 1 unspecified atom stereocenters. The molecule has 2 heterocycles. The highest BCUT2D eigenvalue weighted by Gasteiger charge is 2.49. The summed E-state index contributed by atoms with van der Waals surface area (Å²) in [5, 5.41) is 2.74. The van der Waals surface area contributed by atoms with Crippen LogP contribution in [0.4, 0.5) is 10.5 Å². The third-order valence-electron chi connectivity index (χ3n) is 5.00. The van der Waals surface area contributed by atoms with Crippen molar-refractivity contribution in [3.8, 4) is 0 Å². The lowest BCUT2D eigenvalue weighted by Gasteiger charge is -2.30. The fourth-order valence-electron chi connectivity index (χ4n) is 3.48. The van der Waals surface area contributed by atoms with E-state index in [2.05, 4.69) is 21.2 Å². The molecule has 4 amide bonds. The van der Waals surface area contributed by atoms with Crippen molar-refractivity contribution < 1.29 is 14.4 Å². The van der Waals surface area contributed by atoms with Gasteiger partial charge in [-0.1, -0.05) is 40.2 Å². The van der Waals surface area contributed by atoms with E-state index in [4.69, 9.17) is 0 Å². The van der Waals surface area contributed by atoms with Crippen molar-refractivity contribution in [2.75, 3.05) is 23.7 Å². The van der Waals surface area contributed by atoms with Crippen LogP contribution >= 0.6 is 27.7 Å². The zero-order valence-corrected chi connectivity index (χ0v) is 17.5. The highest BCUT2D eigenvalue weighted by atomic mass is 79.9. The molecule has 0 saturated carbocycles. The Labute approximate surface area is 175 Å². The molecule has 2 aliphatic heterocycles. The number of halogens is 1. The molecule has 2 aromatic rings. The first-order valence-corrected chi connectivity index (χ1v) is 10.6. The summed E-state index contributed by atoms with van der Waals surface area (Å²) >= 11 is 5.08. The number of para-hydroxylation sites is 1. The molecular weight excluding hydrogens is 442 g/mol. The van der Waals surface area contributed by atoms with Gasteiger partial charge in [-0.15, -0.1) is 11.8 Å². The first-order valence-electron chi connectivity index (χ1n) is 8.82. The summed E-state index contributed by atoms with van der Waals surface area (Å²) in [5.41, 5.74) is 0.289. The molecule has 0 radical (unpaired) electrons. The van der Waals surface area contributed by atoms with Crippen molar-refractivity contribution in [1.29, 1.82) is 0 Å². The molecule has 2 aromatic carbocycles. The van der Waals surface area contributed by atoms with Gasteiger partial charge in [-0.25, -0.2) is 4.79 Å². The lowest BCUT2D eigenvalue weighted by molar-refractivity contribution is -0.134. The molecule has 28 heavy (non-hydrogen) atoms. The SMILES string of the molecule is CC1(c2cccc(Br)c2)NC(=O)N(CC(=O)N2CCSc3ccccc32)C1=O. The van der Waals surface area contributed by atoms with Crippen molar-refractivity contribution in [1.82, 2.24) is 10.2 Å². The maximum absolute atomic E-state index is 13.1. The Balaban J connectivity index is 1.57. The van der Waals surface area contributed by atoms with Gasteiger partial charge in [-0.05, 0) is 36.8 Å². The summed E-state index contributed by atoms with van der Waals surface area (Å²) in [4.78, 5) is 42.2. The molecule has 2 aliphatic rings. The van der Waals surface area contributed by atoms with E-state index in [0.29, 0.717) is 12.1 Å². The van der Waals surface area contributed by atoms with Crippen LogP contribution in [0, 0.1) is 0 Å². The van der Waals surface area contributed by atoms with Gasteiger partial charge in [0.25, 0.3) is 5.91 Å². The molecule has 0 aliphatic carbocycles. The highest BCUT2D eigenvalue weighted by molar-refractivity contribution is 9.10. The molecule has 144 valence electrons. The number of hydrogen-bond donors (Lipinski definition) is 1. The van der Waals surface area contributed by atoms with Crippen LogP contribution in [-0.4, -0.2) is 41.6 Å². The van der Waals surface area contributed by atoms with E-state index < -0.39 is 17.5 Å². The van der Waals surface area contributed by atoms with Gasteiger partial charge < -0.3 is 10.2 Å². The number of hydrogen-bond acceptors (Lipinski definition) is 4. The zero-order valence-electron chi connectivity index (χ0n) is 15.1. The predicted molar refractivity (Wildman–Crippen MR) is 111 cm³/mol. The number of carbonyl (C=O) groups excluding carboxylic acids is 3. The Bertz CT molecular complexity index is 983. The summed E-state index contributed by atoms with van der Waals surface area (Å²) in [7, 11) is 0. The molecule has 8 heteroatoms. The summed E-state index contributed by atoms with van der Waals surface area (Å²) in [6.07, 6.45) is 0. The number of thioether (sulfide) groups is 1. The van der Waals surface area contributed by atoms with Gasteiger partial charge in [-0.3, -0.25) is 14.5 Å². The lowest BCUT2D eigenvalue weighted by atomic mass is 9.92. The molecule has 0 aromatic heterocycles. The molecular formula is C20H18BrN3O3S. The molecule has 6 nitrogen and oxygen atoms in total. The molecule has 1 N–H and O–H groups in total. The minimum atomic E-state index is -1.20. The highest BCUT2D eigenvalue weighted by Crippen LogP contribution is 2.35. The van der Waals surface area contributed by atoms with Crippen LogP contribution < -0.4 is 10.2 Å². The Hall–Kier alpha value is -2.32. The van der Waals surface area contributed by atoms with Crippen LogP contribution in [-0.2, 0) is 15.1 Å². The quantitative estimate of drug-likeness (QED) is 0.714. The largest absolute Gasteiger partial charge is 0.325 e. The number of amides is 4. The smallest absolute Gasteiger partial charge is 0.319 e. The van der Waals surface area contributed by atoms with Crippen molar-refractivity contribution >= 4 is 51.2 Å². The first kappa shape index (κ1) is 19.0. The zero-order chi connectivity index (χ0) is 19.9. The van der Waals surface area contributed by atoms with Crippen LogP contribution in [0.15, 0.2) is 57.9 Å².